The number of pyridine rings is 1. The summed E-state index contributed by atoms with van der Waals surface area (Å²) in [6.45, 7) is 9.73. The zero-order chi connectivity index (χ0) is 29.3. The Bertz CT molecular complexity index is 1540. The summed E-state index contributed by atoms with van der Waals surface area (Å²) in [5.74, 6) is 1.62. The Labute approximate surface area is 252 Å². The lowest BCUT2D eigenvalue weighted by Crippen LogP contribution is -2.49. The van der Waals surface area contributed by atoms with Crippen molar-refractivity contribution in [1.29, 1.82) is 0 Å². The molecule has 7 nitrogen and oxygen atoms in total. The molecule has 42 heavy (non-hydrogen) atoms. The summed E-state index contributed by atoms with van der Waals surface area (Å²) in [7, 11) is 1.38. The van der Waals surface area contributed by atoms with Crippen molar-refractivity contribution in [2.45, 2.75) is 39.0 Å². The molecule has 8 heteroatoms. The minimum atomic E-state index is -0.435. The van der Waals surface area contributed by atoms with Crippen molar-refractivity contribution in [3.05, 3.63) is 83.1 Å². The average molecular weight is 587 g/mol. The van der Waals surface area contributed by atoms with Crippen LogP contribution >= 0.6 is 11.6 Å². The van der Waals surface area contributed by atoms with Crippen LogP contribution in [0.25, 0.3) is 10.9 Å². The molecule has 0 bridgehead atoms. The van der Waals surface area contributed by atoms with Crippen molar-refractivity contribution in [2.75, 3.05) is 44.7 Å². The summed E-state index contributed by atoms with van der Waals surface area (Å²) in [5, 5.41) is 1.79. The van der Waals surface area contributed by atoms with E-state index >= 15 is 0 Å². The third-order valence-corrected chi connectivity index (χ3v) is 9.31. The molecule has 2 aromatic carbocycles. The van der Waals surface area contributed by atoms with E-state index in [1.165, 1.54) is 31.9 Å². The summed E-state index contributed by atoms with van der Waals surface area (Å²) < 4.78 is 11.2. The molecule has 1 saturated carbocycles. The number of H-pyrrole nitrogens is 1. The maximum Gasteiger partial charge on any atom is 0.341 e. The quantitative estimate of drug-likeness (QED) is 0.226. The molecule has 0 spiro atoms. The van der Waals surface area contributed by atoms with E-state index in [2.05, 4.69) is 45.7 Å². The Morgan fingerprint density at radius 1 is 1.07 bits per heavy atom. The number of nitrogens with one attached hydrogen (secondary N) is 1. The first-order chi connectivity index (χ1) is 20.3. The third-order valence-electron chi connectivity index (χ3n) is 9.06. The number of fused-ring (bicyclic) bond motifs is 1. The third kappa shape index (κ3) is 6.27. The number of anilines is 1. The summed E-state index contributed by atoms with van der Waals surface area (Å²) in [6.07, 6.45) is 7.32. The van der Waals surface area contributed by atoms with E-state index in [1.54, 1.807) is 12.3 Å². The van der Waals surface area contributed by atoms with Crippen LogP contribution in [0.4, 0.5) is 5.69 Å². The number of aromatic nitrogens is 2. The second-order valence-electron chi connectivity index (χ2n) is 12.5. The number of hydrogen-bond donors (Lipinski definition) is 1. The number of nitrogens with zero attached hydrogens (tertiary/aromatic N) is 3. The lowest BCUT2D eigenvalue weighted by atomic mass is 9.65. The van der Waals surface area contributed by atoms with E-state index in [4.69, 9.17) is 21.1 Å². The fourth-order valence-corrected chi connectivity index (χ4v) is 6.78. The number of ether oxygens (including phenoxy) is 2. The lowest BCUT2D eigenvalue weighted by Gasteiger charge is -2.44. The van der Waals surface area contributed by atoms with Crippen LogP contribution in [-0.2, 0) is 4.74 Å². The molecule has 1 aliphatic carbocycles. The molecule has 1 saturated heterocycles. The molecule has 0 amide bonds. The second-order valence-corrected chi connectivity index (χ2v) is 12.9. The maximum absolute atomic E-state index is 12.5. The van der Waals surface area contributed by atoms with Gasteiger partial charge >= 0.3 is 5.97 Å². The number of methoxy groups -OCH3 is 1. The van der Waals surface area contributed by atoms with Crippen molar-refractivity contribution >= 4 is 34.2 Å². The van der Waals surface area contributed by atoms with Gasteiger partial charge in [0.15, 0.2) is 0 Å². The van der Waals surface area contributed by atoms with Gasteiger partial charge in [0.1, 0.15) is 11.3 Å². The Hall–Kier alpha value is -3.55. The van der Waals surface area contributed by atoms with Crippen LogP contribution in [0, 0.1) is 11.3 Å². The number of carbonyl (C=O) groups is 1. The summed E-state index contributed by atoms with van der Waals surface area (Å²) >= 11 is 6.21. The lowest BCUT2D eigenvalue weighted by molar-refractivity contribution is 0.0598. The second kappa shape index (κ2) is 12.0. The Balaban J connectivity index is 1.14. The highest BCUT2D eigenvalue weighted by molar-refractivity contribution is 6.30. The largest absolute Gasteiger partial charge is 0.465 e. The zero-order valence-corrected chi connectivity index (χ0v) is 25.4. The minimum absolute atomic E-state index is 0.360. The first-order valence-corrected chi connectivity index (χ1v) is 15.2. The minimum Gasteiger partial charge on any atom is -0.465 e. The standard InChI is InChI=1S/C34H39ClN4O3/c1-34(2)12-10-25(29(20-34)23-4-6-26(35)7-5-23)22-38-14-16-39(17-15-38)27-8-9-28(33(40)41-3)31(19-27)42-32-18-24-11-13-36-30(24)21-37-32/h4-9,11,13,18-19,21,25,29,36H,10,12,14-17,20,22H2,1-3H3. The first kappa shape index (κ1) is 28.6. The Morgan fingerprint density at radius 2 is 1.86 bits per heavy atom. The van der Waals surface area contributed by atoms with E-state index in [0.29, 0.717) is 34.4 Å². The van der Waals surface area contributed by atoms with Crippen LogP contribution in [0.15, 0.2) is 67.0 Å². The fourth-order valence-electron chi connectivity index (χ4n) is 6.65. The maximum atomic E-state index is 12.5. The predicted octanol–water partition coefficient (Wildman–Crippen LogP) is 7.53. The molecule has 2 aromatic heterocycles. The molecule has 2 fully saturated rings. The van der Waals surface area contributed by atoms with E-state index in [-0.39, 0.29) is 0 Å². The Kier molecular flexibility index (Phi) is 8.15. The van der Waals surface area contributed by atoms with E-state index < -0.39 is 5.97 Å². The summed E-state index contributed by atoms with van der Waals surface area (Å²) in [5.41, 5.74) is 4.11. The van der Waals surface area contributed by atoms with Crippen LogP contribution in [0.5, 0.6) is 11.6 Å². The Morgan fingerprint density at radius 3 is 2.62 bits per heavy atom. The van der Waals surface area contributed by atoms with Gasteiger partial charge in [-0.2, -0.15) is 0 Å². The summed E-state index contributed by atoms with van der Waals surface area (Å²) in [6, 6.07) is 18.1. The van der Waals surface area contributed by atoms with Gasteiger partial charge in [0.05, 0.1) is 18.8 Å². The number of aromatic amines is 1. The van der Waals surface area contributed by atoms with Crippen LogP contribution in [-0.4, -0.2) is 60.7 Å². The van der Waals surface area contributed by atoms with Crippen LogP contribution in [0.1, 0.15) is 54.9 Å². The molecular formula is C34H39ClN4O3. The van der Waals surface area contributed by atoms with Gasteiger partial charge in [-0.15, -0.1) is 0 Å². The molecule has 220 valence electrons. The van der Waals surface area contributed by atoms with Gasteiger partial charge in [-0.3, -0.25) is 4.90 Å². The number of hydrogen-bond acceptors (Lipinski definition) is 6. The van der Waals surface area contributed by atoms with Gasteiger partial charge in [0.2, 0.25) is 5.88 Å². The molecule has 0 radical (unpaired) electrons. The molecule has 6 rings (SSSR count). The van der Waals surface area contributed by atoms with Gasteiger partial charge in [-0.05, 0) is 72.4 Å². The number of piperazine rings is 1. The van der Waals surface area contributed by atoms with Gasteiger partial charge in [-0.25, -0.2) is 9.78 Å². The highest BCUT2D eigenvalue weighted by Gasteiger charge is 2.37. The molecule has 2 unspecified atom stereocenters. The number of carbonyl (C=O) groups excluding carboxylic acids is 1. The number of esters is 1. The zero-order valence-electron chi connectivity index (χ0n) is 24.6. The number of rotatable bonds is 7. The summed E-state index contributed by atoms with van der Waals surface area (Å²) in [4.78, 5) is 25.1. The highest BCUT2D eigenvalue weighted by Crippen LogP contribution is 2.47. The topological polar surface area (TPSA) is 70.7 Å². The SMILES string of the molecule is COC(=O)c1ccc(N2CCN(CC3CCC(C)(C)CC3c3ccc(Cl)cc3)CC2)cc1Oc1cc2cc[nH]c2cn1. The van der Waals surface area contributed by atoms with Gasteiger partial charge < -0.3 is 19.4 Å². The molecule has 3 heterocycles. The van der Waals surface area contributed by atoms with Crippen LogP contribution < -0.4 is 9.64 Å². The van der Waals surface area contributed by atoms with Crippen molar-refractivity contribution < 1.29 is 14.3 Å². The van der Waals surface area contributed by atoms with Crippen molar-refractivity contribution in [3.63, 3.8) is 0 Å². The number of benzene rings is 2. The van der Waals surface area contributed by atoms with Gasteiger partial charge in [-0.1, -0.05) is 37.6 Å². The smallest absolute Gasteiger partial charge is 0.341 e. The normalized spacial score (nSPS) is 20.9. The van der Waals surface area contributed by atoms with E-state index in [9.17, 15) is 4.79 Å². The van der Waals surface area contributed by atoms with Crippen molar-refractivity contribution in [1.82, 2.24) is 14.9 Å². The fraction of sp³-hybridized carbons (Fsp3) is 0.412. The van der Waals surface area contributed by atoms with Crippen LogP contribution in [0.3, 0.4) is 0 Å². The van der Waals surface area contributed by atoms with Crippen LogP contribution in [0.2, 0.25) is 5.02 Å². The molecule has 4 aromatic rings. The van der Waals surface area contributed by atoms with Gasteiger partial charge in [0.25, 0.3) is 0 Å². The highest BCUT2D eigenvalue weighted by atomic mass is 35.5. The van der Waals surface area contributed by atoms with E-state index in [0.717, 1.165) is 54.3 Å². The molecule has 1 N–H and O–H groups in total. The van der Waals surface area contributed by atoms with E-state index in [1.807, 2.05) is 42.6 Å². The first-order valence-electron chi connectivity index (χ1n) is 14.8. The molecule has 2 atom stereocenters. The van der Waals surface area contributed by atoms with Crippen molar-refractivity contribution in [2.24, 2.45) is 11.3 Å². The number of halogens is 1. The molecular weight excluding hydrogens is 548 g/mol. The monoisotopic (exact) mass is 586 g/mol. The van der Waals surface area contributed by atoms with Gasteiger partial charge in [0, 0.05) is 67.1 Å². The predicted molar refractivity (Wildman–Crippen MR) is 168 cm³/mol. The average Bonchev–Trinajstić information content (AvgIpc) is 3.46. The van der Waals surface area contributed by atoms with Crippen molar-refractivity contribution in [3.8, 4) is 11.6 Å². The molecule has 1 aliphatic heterocycles. The molecule has 2 aliphatic rings.